The van der Waals surface area contributed by atoms with E-state index < -0.39 is 0 Å². The van der Waals surface area contributed by atoms with Crippen LogP contribution in [-0.2, 0) is 0 Å². The van der Waals surface area contributed by atoms with Gasteiger partial charge in [-0.05, 0) is 96.1 Å². The zero-order chi connectivity index (χ0) is 42.0. The Balaban J connectivity index is 0.791. The SMILES string of the molecule is CN1C=C(c2ccc(-n3c4ccccc4c4cccnc43)cc2)N(c2cccc(Oc3cccc(N4CN(C)C=C4c4ccc(-n5c6ccccc6c6cccnc65)cc4)c3)c2)C1. The summed E-state index contributed by atoms with van der Waals surface area (Å²) in [5.41, 5.74) is 13.0. The minimum atomic E-state index is 0.723. The average molecular weight is 819 g/mol. The van der Waals surface area contributed by atoms with Gasteiger partial charge in [0.25, 0.3) is 0 Å². The van der Waals surface area contributed by atoms with Gasteiger partial charge in [-0.3, -0.25) is 9.13 Å². The molecule has 0 unspecified atom stereocenters. The largest absolute Gasteiger partial charge is 0.457 e. The Morgan fingerprint density at radius 1 is 0.413 bits per heavy atom. The highest BCUT2D eigenvalue weighted by molar-refractivity contribution is 6.08. The normalized spacial score (nSPS) is 14.1. The molecule has 0 aliphatic carbocycles. The number of hydrogen-bond donors (Lipinski definition) is 0. The molecule has 0 atom stereocenters. The van der Waals surface area contributed by atoms with Crippen molar-refractivity contribution in [2.24, 2.45) is 0 Å². The molecule has 0 N–H and O–H groups in total. The van der Waals surface area contributed by atoms with Crippen LogP contribution in [0.5, 0.6) is 11.5 Å². The molecule has 9 heteroatoms. The highest BCUT2D eigenvalue weighted by Crippen LogP contribution is 2.39. The third-order valence-corrected chi connectivity index (χ3v) is 12.2. The molecular formula is C54H42N8O. The second-order valence-electron chi connectivity index (χ2n) is 16.3. The summed E-state index contributed by atoms with van der Waals surface area (Å²) in [7, 11) is 4.22. The zero-order valence-electron chi connectivity index (χ0n) is 34.9. The van der Waals surface area contributed by atoms with Gasteiger partial charge < -0.3 is 24.3 Å². The molecular weight excluding hydrogens is 777 g/mol. The predicted molar refractivity (Wildman–Crippen MR) is 256 cm³/mol. The Labute approximate surface area is 364 Å². The van der Waals surface area contributed by atoms with E-state index >= 15 is 0 Å². The lowest BCUT2D eigenvalue weighted by molar-refractivity contribution is 0.479. The van der Waals surface area contributed by atoms with Crippen LogP contribution in [0.25, 0.3) is 66.6 Å². The minimum absolute atomic E-state index is 0.723. The Hall–Kier alpha value is -8.30. The van der Waals surface area contributed by atoms with Gasteiger partial charge in [0.15, 0.2) is 0 Å². The number of para-hydroxylation sites is 2. The third kappa shape index (κ3) is 6.24. The highest BCUT2D eigenvalue weighted by atomic mass is 16.5. The summed E-state index contributed by atoms with van der Waals surface area (Å²) in [5.74, 6) is 1.55. The fourth-order valence-corrected chi connectivity index (χ4v) is 9.38. The Kier molecular flexibility index (Phi) is 8.53. The van der Waals surface area contributed by atoms with Crippen LogP contribution in [0.4, 0.5) is 11.4 Å². The van der Waals surface area contributed by atoms with Crippen LogP contribution in [0.3, 0.4) is 0 Å². The van der Waals surface area contributed by atoms with E-state index in [1.165, 1.54) is 10.8 Å². The van der Waals surface area contributed by atoms with Crippen molar-refractivity contribution in [2.45, 2.75) is 0 Å². The van der Waals surface area contributed by atoms with Gasteiger partial charge in [0.05, 0.1) is 35.8 Å². The standard InChI is InChI=1S/C54H42N8O/c1-57-33-51(37-21-25-39(26-22-37)61-49-19-5-3-15-45(49)47-17-9-29-55-53(47)61)59(35-57)41-11-7-13-43(31-41)63-44-14-8-12-42(32-44)60-36-58(2)34-52(60)38-23-27-40(28-24-38)62-50-20-6-4-16-46(50)48-18-10-30-56-54(48)62/h3-34H,35-36H2,1-2H3. The first-order chi connectivity index (χ1) is 31.0. The molecule has 0 bridgehead atoms. The molecule has 0 fully saturated rings. The summed E-state index contributed by atoms with van der Waals surface area (Å²) in [4.78, 5) is 18.6. The van der Waals surface area contributed by atoms with Crippen molar-refractivity contribution in [3.8, 4) is 22.9 Å². The van der Waals surface area contributed by atoms with E-state index in [1.54, 1.807) is 0 Å². The molecule has 10 aromatic rings. The van der Waals surface area contributed by atoms with Crippen LogP contribution in [0, 0.1) is 0 Å². The Bertz CT molecular complexity index is 3100. The number of rotatable bonds is 8. The van der Waals surface area contributed by atoms with E-state index in [1.807, 2.05) is 36.7 Å². The second-order valence-corrected chi connectivity index (χ2v) is 16.3. The topological polar surface area (TPSA) is 57.8 Å². The fourth-order valence-electron chi connectivity index (χ4n) is 9.38. The van der Waals surface area contributed by atoms with Crippen molar-refractivity contribution in [1.29, 1.82) is 0 Å². The van der Waals surface area contributed by atoms with Gasteiger partial charge in [-0.1, -0.05) is 72.8 Å². The van der Waals surface area contributed by atoms with Gasteiger partial charge in [0.2, 0.25) is 0 Å². The molecule has 6 heterocycles. The summed E-state index contributed by atoms with van der Waals surface area (Å²) >= 11 is 0. The maximum atomic E-state index is 6.63. The van der Waals surface area contributed by atoms with Gasteiger partial charge in [-0.2, -0.15) is 0 Å². The van der Waals surface area contributed by atoms with Crippen molar-refractivity contribution < 1.29 is 4.74 Å². The van der Waals surface area contributed by atoms with Crippen molar-refractivity contribution in [3.05, 3.63) is 206 Å². The number of hydrogen-bond acceptors (Lipinski definition) is 7. The molecule has 2 aliphatic heterocycles. The number of pyridine rings is 2. The van der Waals surface area contributed by atoms with Gasteiger partial charge in [0.1, 0.15) is 22.8 Å². The van der Waals surface area contributed by atoms with Crippen molar-refractivity contribution >= 4 is 66.6 Å². The van der Waals surface area contributed by atoms with E-state index in [4.69, 9.17) is 14.7 Å². The summed E-state index contributed by atoms with van der Waals surface area (Å²) in [6.45, 7) is 1.45. The first kappa shape index (κ1) is 36.5. The van der Waals surface area contributed by atoms with Crippen molar-refractivity contribution in [1.82, 2.24) is 28.9 Å². The van der Waals surface area contributed by atoms with E-state index in [-0.39, 0.29) is 0 Å². The summed E-state index contributed by atoms with van der Waals surface area (Å²) in [6, 6.07) is 59.7. The maximum Gasteiger partial charge on any atom is 0.145 e. The Morgan fingerprint density at radius 3 is 1.30 bits per heavy atom. The van der Waals surface area contributed by atoms with Crippen molar-refractivity contribution in [3.63, 3.8) is 0 Å². The van der Waals surface area contributed by atoms with E-state index in [2.05, 4.69) is 201 Å². The molecule has 0 spiro atoms. The quantitative estimate of drug-likeness (QED) is 0.151. The lowest BCUT2D eigenvalue weighted by Crippen LogP contribution is -2.24. The monoisotopic (exact) mass is 818 g/mol. The average Bonchev–Trinajstić information content (AvgIpc) is 4.10. The number of nitrogens with zero attached hydrogens (tertiary/aromatic N) is 8. The van der Waals surface area contributed by atoms with Crippen LogP contribution in [-0.4, -0.2) is 56.3 Å². The minimum Gasteiger partial charge on any atom is -0.457 e. The lowest BCUT2D eigenvalue weighted by atomic mass is 10.1. The molecule has 0 saturated carbocycles. The smallest absolute Gasteiger partial charge is 0.145 e. The zero-order valence-corrected chi connectivity index (χ0v) is 34.9. The van der Waals surface area contributed by atoms with Gasteiger partial charge in [-0.25, -0.2) is 9.97 Å². The molecule has 63 heavy (non-hydrogen) atoms. The van der Waals surface area contributed by atoms with Crippen molar-refractivity contribution in [2.75, 3.05) is 37.2 Å². The van der Waals surface area contributed by atoms with Crippen LogP contribution >= 0.6 is 0 Å². The number of ether oxygens (including phenoxy) is 1. The molecule has 2 aliphatic rings. The lowest BCUT2D eigenvalue weighted by Gasteiger charge is -2.24. The number of fused-ring (bicyclic) bond motifs is 6. The molecule has 0 radical (unpaired) electrons. The molecule has 0 amide bonds. The molecule has 304 valence electrons. The molecule has 0 saturated heterocycles. The Morgan fingerprint density at radius 2 is 0.841 bits per heavy atom. The number of aromatic nitrogens is 4. The summed E-state index contributed by atoms with van der Waals surface area (Å²) in [5, 5.41) is 4.70. The number of anilines is 2. The van der Waals surface area contributed by atoms with Crippen LogP contribution in [0.2, 0.25) is 0 Å². The van der Waals surface area contributed by atoms with E-state index in [0.29, 0.717) is 0 Å². The molecule has 4 aromatic heterocycles. The molecule has 9 nitrogen and oxygen atoms in total. The summed E-state index contributed by atoms with van der Waals surface area (Å²) in [6.07, 6.45) is 8.15. The highest BCUT2D eigenvalue weighted by Gasteiger charge is 2.25. The van der Waals surface area contributed by atoms with Gasteiger partial charge >= 0.3 is 0 Å². The third-order valence-electron chi connectivity index (χ3n) is 12.2. The first-order valence-corrected chi connectivity index (χ1v) is 21.2. The predicted octanol–water partition coefficient (Wildman–Crippen LogP) is 11.9. The van der Waals surface area contributed by atoms with Gasteiger partial charge in [-0.15, -0.1) is 0 Å². The van der Waals surface area contributed by atoms with Crippen LogP contribution in [0.1, 0.15) is 11.1 Å². The second kappa shape index (κ2) is 14.7. The van der Waals surface area contributed by atoms with E-state index in [9.17, 15) is 0 Å². The van der Waals surface area contributed by atoms with Gasteiger partial charge in [0, 0.05) is 95.3 Å². The number of benzene rings is 6. The summed E-state index contributed by atoms with van der Waals surface area (Å²) < 4.78 is 11.1. The van der Waals surface area contributed by atoms with Crippen LogP contribution < -0.4 is 14.5 Å². The molecule has 6 aromatic carbocycles. The fraction of sp³-hybridized carbons (Fsp3) is 0.0741. The first-order valence-electron chi connectivity index (χ1n) is 21.2. The van der Waals surface area contributed by atoms with Crippen LogP contribution in [0.15, 0.2) is 195 Å². The van der Waals surface area contributed by atoms with E-state index in [0.717, 1.165) is 103 Å². The molecule has 12 rings (SSSR count). The maximum absolute atomic E-state index is 6.63.